The molecule has 5 aliphatic rings. The number of esters is 1. The van der Waals surface area contributed by atoms with E-state index in [0.29, 0.717) is 30.0 Å². The molecule has 1 aromatic heterocycles. The number of hydrogen-bond acceptors (Lipinski definition) is 7. The largest absolute Gasteiger partial charge is 0.481 e. The van der Waals surface area contributed by atoms with E-state index in [1.807, 2.05) is 30.3 Å². The zero-order valence-electron chi connectivity index (χ0n) is 32.2. The summed E-state index contributed by atoms with van der Waals surface area (Å²) < 4.78 is 12.7. The van der Waals surface area contributed by atoms with Crippen LogP contribution in [0.5, 0.6) is 0 Å². The third-order valence-corrected chi connectivity index (χ3v) is 15.7. The lowest BCUT2D eigenvalue weighted by Gasteiger charge is -2.72. The molecule has 2 unspecified atom stereocenters. The van der Waals surface area contributed by atoms with Crippen LogP contribution in [0.2, 0.25) is 0 Å². The minimum absolute atomic E-state index is 0.00829. The number of ketones is 1. The van der Waals surface area contributed by atoms with Crippen molar-refractivity contribution in [3.63, 3.8) is 0 Å². The van der Waals surface area contributed by atoms with Gasteiger partial charge in [0.25, 0.3) is 0 Å². The number of rotatable bonds is 7. The van der Waals surface area contributed by atoms with Crippen molar-refractivity contribution >= 4 is 17.7 Å². The van der Waals surface area contributed by atoms with Gasteiger partial charge in [-0.3, -0.25) is 14.4 Å². The lowest BCUT2D eigenvalue weighted by Crippen LogP contribution is -2.66. The van der Waals surface area contributed by atoms with E-state index in [4.69, 9.17) is 14.3 Å². The number of carbonyl (C=O) groups excluding carboxylic acids is 2. The third kappa shape index (κ3) is 5.15. The molecule has 2 aromatic rings. The van der Waals surface area contributed by atoms with Crippen molar-refractivity contribution in [2.45, 2.75) is 138 Å². The normalized spacial score (nSPS) is 37.3. The topological polar surface area (TPSA) is 120 Å². The first-order valence-corrected chi connectivity index (χ1v) is 19.4. The number of ether oxygens (including phenoxy) is 1. The van der Waals surface area contributed by atoms with E-state index in [1.54, 1.807) is 13.8 Å². The fourth-order valence-electron chi connectivity index (χ4n) is 12.8. The van der Waals surface area contributed by atoms with Crippen LogP contribution >= 0.6 is 0 Å². The van der Waals surface area contributed by atoms with E-state index in [1.165, 1.54) is 5.57 Å². The SMILES string of the molecule is CC(C)C1=C2C3CCC4[C@@]5(C)CC[C@H](OC(=O)CC(C)(C)C(=O)O)C(C)(C)[C@@H]5CC[C@@]4(C)[C@]3(C)CC[C@@]2(c2nnc(-c3ccccc3)o2)CC1=O. The molecule has 7 rings (SSSR count). The summed E-state index contributed by atoms with van der Waals surface area (Å²) in [4.78, 5) is 38.9. The molecule has 0 bridgehead atoms. The monoisotopic (exact) mass is 698 g/mol. The van der Waals surface area contributed by atoms with Crippen LogP contribution in [0.1, 0.15) is 132 Å². The minimum Gasteiger partial charge on any atom is -0.481 e. The van der Waals surface area contributed by atoms with Gasteiger partial charge >= 0.3 is 11.9 Å². The van der Waals surface area contributed by atoms with Crippen molar-refractivity contribution in [3.8, 4) is 11.5 Å². The Morgan fingerprint density at radius 1 is 0.922 bits per heavy atom. The van der Waals surface area contributed by atoms with Gasteiger partial charge in [-0.2, -0.15) is 0 Å². The second-order valence-corrected chi connectivity index (χ2v) is 19.3. The predicted octanol–water partition coefficient (Wildman–Crippen LogP) is 9.38. The van der Waals surface area contributed by atoms with Gasteiger partial charge in [-0.25, -0.2) is 0 Å². The first-order chi connectivity index (χ1) is 23.8. The van der Waals surface area contributed by atoms with Crippen molar-refractivity contribution in [2.24, 2.45) is 50.7 Å². The summed E-state index contributed by atoms with van der Waals surface area (Å²) >= 11 is 0. The van der Waals surface area contributed by atoms with Crippen LogP contribution in [0.15, 0.2) is 45.9 Å². The Kier molecular flexibility index (Phi) is 8.39. The van der Waals surface area contributed by atoms with Crippen molar-refractivity contribution in [1.29, 1.82) is 0 Å². The molecular formula is C43H58N2O6. The first-order valence-electron chi connectivity index (χ1n) is 19.4. The number of hydrogen-bond donors (Lipinski definition) is 1. The number of fused-ring (bicyclic) bond motifs is 7. The van der Waals surface area contributed by atoms with Crippen molar-refractivity contribution in [1.82, 2.24) is 10.2 Å². The van der Waals surface area contributed by atoms with Crippen LogP contribution in [0.3, 0.4) is 0 Å². The molecule has 0 aliphatic heterocycles. The maximum atomic E-state index is 14.1. The molecule has 4 fully saturated rings. The molecule has 0 saturated heterocycles. The van der Waals surface area contributed by atoms with E-state index in [-0.39, 0.29) is 51.8 Å². The maximum Gasteiger partial charge on any atom is 0.309 e. The molecule has 1 heterocycles. The Labute approximate surface area is 303 Å². The van der Waals surface area contributed by atoms with E-state index in [2.05, 4.69) is 53.6 Å². The molecule has 4 saturated carbocycles. The number of nitrogens with zero attached hydrogens (tertiary/aromatic N) is 2. The highest BCUT2D eigenvalue weighted by molar-refractivity contribution is 6.01. The molecule has 8 atom stereocenters. The van der Waals surface area contributed by atoms with Crippen molar-refractivity contribution in [3.05, 3.63) is 47.4 Å². The van der Waals surface area contributed by atoms with E-state index in [9.17, 15) is 19.5 Å². The fraction of sp³-hybridized carbons (Fsp3) is 0.698. The Hall–Kier alpha value is -3.29. The van der Waals surface area contributed by atoms with Gasteiger partial charge in [0.15, 0.2) is 5.78 Å². The smallest absolute Gasteiger partial charge is 0.309 e. The lowest BCUT2D eigenvalue weighted by molar-refractivity contribution is -0.232. The van der Waals surface area contributed by atoms with Crippen LogP contribution in [0.25, 0.3) is 11.5 Å². The van der Waals surface area contributed by atoms with Crippen LogP contribution in [-0.2, 0) is 24.5 Å². The highest BCUT2D eigenvalue weighted by atomic mass is 16.5. The average molecular weight is 699 g/mol. The number of benzene rings is 1. The lowest BCUT2D eigenvalue weighted by atomic mass is 9.33. The van der Waals surface area contributed by atoms with Crippen molar-refractivity contribution < 1.29 is 28.6 Å². The highest BCUT2D eigenvalue weighted by Crippen LogP contribution is 2.76. The summed E-state index contributed by atoms with van der Waals surface area (Å²) in [6.07, 6.45) is 7.90. The summed E-state index contributed by atoms with van der Waals surface area (Å²) in [5, 5.41) is 18.8. The van der Waals surface area contributed by atoms with Crippen LogP contribution < -0.4 is 0 Å². The predicted molar refractivity (Wildman–Crippen MR) is 194 cm³/mol. The van der Waals surface area contributed by atoms with E-state index >= 15 is 0 Å². The third-order valence-electron chi connectivity index (χ3n) is 15.7. The van der Waals surface area contributed by atoms with Gasteiger partial charge in [0, 0.05) is 17.4 Å². The number of carbonyl (C=O) groups is 3. The van der Waals surface area contributed by atoms with Gasteiger partial charge in [-0.05, 0) is 128 Å². The second kappa shape index (κ2) is 11.9. The molecule has 0 radical (unpaired) electrons. The molecule has 51 heavy (non-hydrogen) atoms. The van der Waals surface area contributed by atoms with Gasteiger partial charge < -0.3 is 14.3 Å². The molecule has 5 aliphatic carbocycles. The van der Waals surface area contributed by atoms with Gasteiger partial charge in [0.2, 0.25) is 11.8 Å². The standard InChI is InChI=1S/C43H58N2O6/c1-25(2)33-28(46)23-43(36-45-44-35(51-36)26-13-11-10-12-14-26)22-21-41(8)27(34(33)43)15-16-30-40(7)19-18-31(50-32(47)24-38(3,4)37(48)49)39(5,6)29(40)17-20-42(30,41)9/h10-14,25,27,29-31H,15-24H2,1-9H3,(H,48,49)/t27?,29-,30?,31-,40-,41+,42+,43+/m0/s1. The van der Waals surface area contributed by atoms with E-state index in [0.717, 1.165) is 62.5 Å². The Balaban J connectivity index is 1.21. The van der Waals surface area contributed by atoms with Gasteiger partial charge in [0.05, 0.1) is 17.3 Å². The highest BCUT2D eigenvalue weighted by Gasteiger charge is 2.71. The average Bonchev–Trinajstić information content (AvgIpc) is 3.67. The molecule has 1 aromatic carbocycles. The van der Waals surface area contributed by atoms with Crippen LogP contribution in [0.4, 0.5) is 0 Å². The van der Waals surface area contributed by atoms with Crippen LogP contribution in [0, 0.1) is 50.7 Å². The number of allylic oxidation sites excluding steroid dienone is 2. The Bertz CT molecular complexity index is 1770. The van der Waals surface area contributed by atoms with Gasteiger partial charge in [-0.15, -0.1) is 10.2 Å². The quantitative estimate of drug-likeness (QED) is 0.284. The maximum absolute atomic E-state index is 14.1. The second-order valence-electron chi connectivity index (χ2n) is 19.3. The van der Waals surface area contributed by atoms with Crippen molar-refractivity contribution in [2.75, 3.05) is 0 Å². The summed E-state index contributed by atoms with van der Waals surface area (Å²) in [7, 11) is 0. The Morgan fingerprint density at radius 3 is 2.29 bits per heavy atom. The summed E-state index contributed by atoms with van der Waals surface area (Å²) in [5.41, 5.74) is 1.36. The van der Waals surface area contributed by atoms with E-state index < -0.39 is 22.8 Å². The number of aliphatic carboxylic acids is 1. The molecule has 276 valence electrons. The number of Topliss-reactive ketones (excluding diaryl/α,β-unsaturated/α-hetero) is 1. The molecule has 0 spiro atoms. The van der Waals surface area contributed by atoms with Gasteiger partial charge in [-0.1, -0.05) is 66.7 Å². The molecule has 1 N–H and O–H groups in total. The molecule has 0 amide bonds. The number of carboxylic acids is 1. The zero-order chi connectivity index (χ0) is 36.9. The summed E-state index contributed by atoms with van der Waals surface area (Å²) in [6, 6.07) is 9.90. The van der Waals surface area contributed by atoms with Crippen LogP contribution in [-0.4, -0.2) is 39.1 Å². The molecular weight excluding hydrogens is 640 g/mol. The number of carboxylic acid groups (broad SMARTS) is 1. The summed E-state index contributed by atoms with van der Waals surface area (Å²) in [5.74, 6) is 1.19. The Morgan fingerprint density at radius 2 is 1.63 bits per heavy atom. The number of aromatic nitrogens is 2. The summed E-state index contributed by atoms with van der Waals surface area (Å²) in [6.45, 7) is 19.7. The minimum atomic E-state index is -1.16. The molecule has 8 heteroatoms. The molecule has 8 nitrogen and oxygen atoms in total. The van der Waals surface area contributed by atoms with Gasteiger partial charge in [0.1, 0.15) is 6.10 Å². The first kappa shape index (κ1) is 36.1. The zero-order valence-corrected chi connectivity index (χ0v) is 32.2. The fourth-order valence-corrected chi connectivity index (χ4v) is 12.8.